The van der Waals surface area contributed by atoms with Gasteiger partial charge in [-0.05, 0) is 54.1 Å². The highest BCUT2D eigenvalue weighted by Gasteiger charge is 2.31. The summed E-state index contributed by atoms with van der Waals surface area (Å²) in [5.41, 5.74) is 1.65. The monoisotopic (exact) mass is 769 g/mol. The van der Waals surface area contributed by atoms with Crippen LogP contribution in [0.25, 0.3) is 5.69 Å². The number of carboxylic acid groups (broad SMARTS) is 1. The lowest BCUT2D eigenvalue weighted by Crippen LogP contribution is -2.39. The minimum Gasteiger partial charge on any atom is -0.495 e. The average Bonchev–Trinajstić information content (AvgIpc) is 3.46. The molecule has 1 heterocycles. The Morgan fingerprint density at radius 1 is 1.04 bits per heavy atom. The minimum atomic E-state index is -4.27. The van der Waals surface area contributed by atoms with E-state index in [0.717, 1.165) is 21.6 Å². The second-order valence-electron chi connectivity index (χ2n) is 13.3. The Labute approximate surface area is 306 Å². The lowest BCUT2D eigenvalue weighted by atomic mass is 9.81. The lowest BCUT2D eigenvalue weighted by Gasteiger charge is -2.28. The topological polar surface area (TPSA) is 102 Å². The number of aromatic nitrogens is 2. The quantitative estimate of drug-likeness (QED) is 0.0924. The summed E-state index contributed by atoms with van der Waals surface area (Å²) in [5.74, 6) is -1.90. The van der Waals surface area contributed by atoms with E-state index in [2.05, 4.69) is 4.98 Å². The second-order valence-corrected chi connectivity index (χ2v) is 17.0. The average molecular weight is 771 g/mol. The number of quaternary nitrogens is 1. The number of rotatable bonds is 16. The van der Waals surface area contributed by atoms with Crippen LogP contribution in [-0.4, -0.2) is 85.7 Å². The highest BCUT2D eigenvalue weighted by molar-refractivity contribution is 7.98. The Balaban J connectivity index is 1.67. The largest absolute Gasteiger partial charge is 0.495 e. The van der Waals surface area contributed by atoms with Crippen LogP contribution < -0.4 is 4.74 Å². The van der Waals surface area contributed by atoms with Gasteiger partial charge in [0, 0.05) is 47.0 Å². The van der Waals surface area contributed by atoms with E-state index >= 15 is 4.39 Å². The first-order valence-electron chi connectivity index (χ1n) is 15.7. The number of carbonyl (C=O) groups is 1. The molecule has 0 amide bonds. The number of methoxy groups -OCH3 is 1. The van der Waals surface area contributed by atoms with Gasteiger partial charge in [-0.2, -0.15) is 4.31 Å². The normalized spacial score (nSPS) is 12.5. The van der Waals surface area contributed by atoms with Crippen LogP contribution in [0.2, 0.25) is 10.0 Å². The summed E-state index contributed by atoms with van der Waals surface area (Å²) >= 11 is 14.0. The number of nitrogens with zero attached hydrogens (tertiary/aromatic N) is 4. The van der Waals surface area contributed by atoms with Gasteiger partial charge in [0.05, 0.1) is 63.0 Å². The standard InChI is InChI=1S/C35H40Cl2F2N4O5S2/c1-35(2,23-8-13-28(36)31(18-23)48-6)32-21-40-34(42(32)25-11-9-24(38)10-12-25)49-22-27-29(37)19-26(20-30(27)39)50(46,47)41(16-14-33(44)45)15-7-17-43(3,4)5/h8-13,18-21H,7,14-17,22H2,1-6H3/p+1. The van der Waals surface area contributed by atoms with Crippen LogP contribution >= 0.6 is 35.0 Å². The van der Waals surface area contributed by atoms with E-state index in [9.17, 15) is 22.7 Å². The molecule has 0 atom stereocenters. The van der Waals surface area contributed by atoms with Crippen LogP contribution in [0.4, 0.5) is 8.78 Å². The molecule has 4 rings (SSSR count). The van der Waals surface area contributed by atoms with Crippen molar-refractivity contribution in [1.82, 2.24) is 13.9 Å². The number of sulfonamides is 1. The van der Waals surface area contributed by atoms with E-state index < -0.39 is 39.5 Å². The number of thioether (sulfide) groups is 1. The third-order valence-electron chi connectivity index (χ3n) is 8.24. The molecule has 9 nitrogen and oxygen atoms in total. The van der Waals surface area contributed by atoms with Crippen LogP contribution in [0.1, 0.15) is 43.5 Å². The van der Waals surface area contributed by atoms with Crippen molar-refractivity contribution in [2.45, 2.75) is 47.9 Å². The summed E-state index contributed by atoms with van der Waals surface area (Å²) in [6, 6.07) is 13.5. The van der Waals surface area contributed by atoms with Crippen molar-refractivity contribution in [3.05, 3.63) is 99.3 Å². The zero-order chi connectivity index (χ0) is 37.0. The summed E-state index contributed by atoms with van der Waals surface area (Å²) in [5, 5.41) is 10.0. The van der Waals surface area contributed by atoms with Crippen molar-refractivity contribution in [2.24, 2.45) is 0 Å². The molecule has 1 N–H and O–H groups in total. The maximum Gasteiger partial charge on any atom is 0.304 e. The van der Waals surface area contributed by atoms with Gasteiger partial charge in [-0.25, -0.2) is 22.2 Å². The Morgan fingerprint density at radius 3 is 2.32 bits per heavy atom. The van der Waals surface area contributed by atoms with E-state index in [-0.39, 0.29) is 34.3 Å². The first kappa shape index (κ1) is 39.6. The molecule has 0 aliphatic carbocycles. The predicted octanol–water partition coefficient (Wildman–Crippen LogP) is 7.65. The molecule has 0 spiro atoms. The van der Waals surface area contributed by atoms with Crippen molar-refractivity contribution in [2.75, 3.05) is 47.9 Å². The van der Waals surface area contributed by atoms with Crippen molar-refractivity contribution in [3.63, 3.8) is 0 Å². The molecule has 0 radical (unpaired) electrons. The zero-order valence-electron chi connectivity index (χ0n) is 28.7. The van der Waals surface area contributed by atoms with Crippen LogP contribution in [0.5, 0.6) is 5.75 Å². The highest BCUT2D eigenvalue weighted by Crippen LogP contribution is 2.40. The highest BCUT2D eigenvalue weighted by atomic mass is 35.5. The van der Waals surface area contributed by atoms with Gasteiger partial charge in [-0.1, -0.05) is 54.9 Å². The predicted molar refractivity (Wildman–Crippen MR) is 193 cm³/mol. The molecular formula is C35H41Cl2F2N4O5S2+. The van der Waals surface area contributed by atoms with Gasteiger partial charge in [0.15, 0.2) is 5.16 Å². The van der Waals surface area contributed by atoms with Gasteiger partial charge in [-0.3, -0.25) is 9.36 Å². The number of carboxylic acids is 1. The minimum absolute atomic E-state index is 0.00985. The van der Waals surface area contributed by atoms with Crippen molar-refractivity contribution in [3.8, 4) is 11.4 Å². The van der Waals surface area contributed by atoms with Crippen LogP contribution in [0.3, 0.4) is 0 Å². The van der Waals surface area contributed by atoms with E-state index in [4.69, 9.17) is 27.9 Å². The number of imidazole rings is 1. The van der Waals surface area contributed by atoms with Crippen LogP contribution in [0, 0.1) is 11.6 Å². The van der Waals surface area contributed by atoms with Crippen molar-refractivity contribution in [1.29, 1.82) is 0 Å². The SMILES string of the molecule is COc1cc(C(C)(C)c2cnc(SCc3c(F)cc(S(=O)(=O)N(CCC[N+](C)(C)C)CCC(=O)O)cc3Cl)n2-c2ccc(F)cc2)ccc1Cl. The molecule has 0 saturated heterocycles. The molecule has 3 aromatic carbocycles. The molecule has 0 aliphatic heterocycles. The fourth-order valence-corrected chi connectivity index (χ4v) is 8.52. The summed E-state index contributed by atoms with van der Waals surface area (Å²) in [7, 11) is 3.16. The van der Waals surface area contributed by atoms with Crippen molar-refractivity contribution < 1.29 is 36.3 Å². The summed E-state index contributed by atoms with van der Waals surface area (Å²) in [6.07, 6.45) is 1.77. The molecule has 0 saturated carbocycles. The maximum atomic E-state index is 15.7. The first-order chi connectivity index (χ1) is 23.3. The van der Waals surface area contributed by atoms with Gasteiger partial charge in [0.2, 0.25) is 10.0 Å². The third kappa shape index (κ3) is 9.36. The van der Waals surface area contributed by atoms with Gasteiger partial charge >= 0.3 is 5.97 Å². The summed E-state index contributed by atoms with van der Waals surface area (Å²) < 4.78 is 65.9. The second kappa shape index (κ2) is 16.0. The first-order valence-corrected chi connectivity index (χ1v) is 18.8. The Hall–Kier alpha value is -3.20. The zero-order valence-corrected chi connectivity index (χ0v) is 31.9. The Bertz CT molecular complexity index is 1930. The molecule has 15 heteroatoms. The van der Waals surface area contributed by atoms with E-state index in [1.54, 1.807) is 24.4 Å². The van der Waals surface area contributed by atoms with Gasteiger partial charge in [-0.15, -0.1) is 0 Å². The number of benzene rings is 3. The number of hydrogen-bond donors (Lipinski definition) is 1. The lowest BCUT2D eigenvalue weighted by molar-refractivity contribution is -0.870. The molecule has 0 aliphatic rings. The van der Waals surface area contributed by atoms with E-state index in [1.807, 2.05) is 51.7 Å². The Kier molecular flexibility index (Phi) is 12.7. The van der Waals surface area contributed by atoms with E-state index in [0.29, 0.717) is 39.1 Å². The molecule has 270 valence electrons. The van der Waals surface area contributed by atoms with Gasteiger partial charge in [0.1, 0.15) is 17.4 Å². The number of ether oxygens (including phenoxy) is 1. The Morgan fingerprint density at radius 2 is 1.72 bits per heavy atom. The van der Waals surface area contributed by atoms with Crippen LogP contribution in [0.15, 0.2) is 70.8 Å². The van der Waals surface area contributed by atoms with Crippen molar-refractivity contribution >= 4 is 51.0 Å². The number of aliphatic carboxylic acids is 1. The number of hydrogen-bond acceptors (Lipinski definition) is 6. The molecule has 50 heavy (non-hydrogen) atoms. The molecule has 0 unspecified atom stereocenters. The third-order valence-corrected chi connectivity index (χ3v) is 11.7. The van der Waals surface area contributed by atoms with Gasteiger partial charge in [0.25, 0.3) is 0 Å². The fourth-order valence-electron chi connectivity index (χ4n) is 5.36. The van der Waals surface area contributed by atoms with E-state index in [1.165, 1.54) is 37.1 Å². The fraction of sp³-hybridized carbons (Fsp3) is 0.371. The molecular weight excluding hydrogens is 729 g/mol. The van der Waals surface area contributed by atoms with Crippen LogP contribution in [-0.2, 0) is 26.0 Å². The number of halogens is 4. The summed E-state index contributed by atoms with van der Waals surface area (Å²) in [4.78, 5) is 15.6. The molecule has 0 bridgehead atoms. The molecule has 4 aromatic rings. The molecule has 0 fully saturated rings. The molecule has 1 aromatic heterocycles. The summed E-state index contributed by atoms with van der Waals surface area (Å²) in [6.45, 7) is 4.44. The van der Waals surface area contributed by atoms with Gasteiger partial charge < -0.3 is 14.3 Å². The maximum absolute atomic E-state index is 15.7. The smallest absolute Gasteiger partial charge is 0.304 e.